The van der Waals surface area contributed by atoms with Gasteiger partial charge in [0.2, 0.25) is 0 Å². The lowest BCUT2D eigenvalue weighted by atomic mass is 9.68. The Morgan fingerprint density at radius 1 is 1.37 bits per heavy atom. The fourth-order valence-electron chi connectivity index (χ4n) is 4.85. The van der Waals surface area contributed by atoms with E-state index in [0.717, 1.165) is 17.5 Å². The zero-order valence-electron chi connectivity index (χ0n) is 15.2. The lowest BCUT2D eigenvalue weighted by Gasteiger charge is -2.35. The van der Waals surface area contributed by atoms with Crippen molar-refractivity contribution in [3.8, 4) is 11.5 Å². The van der Waals surface area contributed by atoms with E-state index < -0.39 is 12.1 Å². The molecule has 0 fully saturated rings. The van der Waals surface area contributed by atoms with Crippen molar-refractivity contribution in [1.82, 2.24) is 5.06 Å². The summed E-state index contributed by atoms with van der Waals surface area (Å²) in [6.45, 7) is 0.610. The lowest BCUT2D eigenvalue weighted by Crippen LogP contribution is -2.42. The van der Waals surface area contributed by atoms with E-state index in [2.05, 4.69) is 6.08 Å². The van der Waals surface area contributed by atoms with Gasteiger partial charge in [0.25, 0.3) is 0 Å². The zero-order chi connectivity index (χ0) is 18.8. The van der Waals surface area contributed by atoms with Crippen molar-refractivity contribution in [1.29, 1.82) is 0 Å². The van der Waals surface area contributed by atoms with Gasteiger partial charge in [-0.1, -0.05) is 18.2 Å². The number of carbonyl (C=O) groups excluding carboxylic acids is 1. The molecule has 1 N–H and O–H groups in total. The second kappa shape index (κ2) is 5.74. The third-order valence-electron chi connectivity index (χ3n) is 6.10. The molecule has 0 aromatic heterocycles. The number of esters is 1. The van der Waals surface area contributed by atoms with Crippen LogP contribution in [0.5, 0.6) is 11.5 Å². The van der Waals surface area contributed by atoms with Crippen LogP contribution in [0.3, 0.4) is 0 Å². The topological polar surface area (TPSA) is 77.5 Å². The average molecular weight is 371 g/mol. The van der Waals surface area contributed by atoms with Crippen LogP contribution in [-0.2, 0) is 19.8 Å². The van der Waals surface area contributed by atoms with Crippen LogP contribution in [0.2, 0.25) is 0 Å². The molecule has 4 atom stereocenters. The number of benzene rings is 1. The second-order valence-electron chi connectivity index (χ2n) is 7.33. The highest BCUT2D eigenvalue weighted by Crippen LogP contribution is 2.58. The fourth-order valence-corrected chi connectivity index (χ4v) is 4.85. The summed E-state index contributed by atoms with van der Waals surface area (Å²) in [7, 11) is 2.98. The van der Waals surface area contributed by atoms with Crippen molar-refractivity contribution in [3.63, 3.8) is 0 Å². The molecule has 0 radical (unpaired) electrons. The quantitative estimate of drug-likeness (QED) is 0.627. The fraction of sp³-hybridized carbons (Fsp3) is 0.450. The number of hydrogen-bond acceptors (Lipinski definition) is 7. The van der Waals surface area contributed by atoms with Gasteiger partial charge >= 0.3 is 5.97 Å². The van der Waals surface area contributed by atoms with Gasteiger partial charge in [-0.15, -0.1) is 5.06 Å². The van der Waals surface area contributed by atoms with Crippen LogP contribution < -0.4 is 9.47 Å². The molecule has 142 valence electrons. The minimum Gasteiger partial charge on any atom is -0.493 e. The highest BCUT2D eigenvalue weighted by atomic mass is 16.7. The number of rotatable bonds is 2. The number of methoxy groups -OCH3 is 2. The molecule has 3 aliphatic heterocycles. The maximum atomic E-state index is 12.3. The van der Waals surface area contributed by atoms with Crippen LogP contribution in [0, 0.1) is 0 Å². The molecule has 0 saturated heterocycles. The summed E-state index contributed by atoms with van der Waals surface area (Å²) in [5, 5.41) is 12.0. The molecule has 1 aliphatic carbocycles. The standard InChI is InChI=1S/C20H21NO6/c1-24-14-4-3-12-16-18(14)27-15-9-11(22)5-6-20(15,16)7-8-21-17(12)13(10-26-21)19(23)25-2/h3-6,10-11,15,17,22H,7-9H2,1-2H3/t11-,15-,17+,20-/m0/s1. The van der Waals surface area contributed by atoms with E-state index in [4.69, 9.17) is 19.0 Å². The first kappa shape index (κ1) is 16.6. The summed E-state index contributed by atoms with van der Waals surface area (Å²) in [5.41, 5.74) is 2.04. The van der Waals surface area contributed by atoms with Gasteiger partial charge in [-0.2, -0.15) is 0 Å². The van der Waals surface area contributed by atoms with E-state index >= 15 is 0 Å². The van der Waals surface area contributed by atoms with Gasteiger partial charge in [-0.05, 0) is 18.1 Å². The van der Waals surface area contributed by atoms with Crippen LogP contribution in [0.25, 0.3) is 0 Å². The Morgan fingerprint density at radius 3 is 3.00 bits per heavy atom. The first-order valence-electron chi connectivity index (χ1n) is 9.06. The number of hydrogen-bond donors (Lipinski definition) is 1. The molecule has 1 aromatic rings. The third-order valence-corrected chi connectivity index (χ3v) is 6.10. The maximum Gasteiger partial charge on any atom is 0.339 e. The summed E-state index contributed by atoms with van der Waals surface area (Å²) in [6, 6.07) is 3.47. The van der Waals surface area contributed by atoms with Gasteiger partial charge in [0, 0.05) is 18.5 Å². The summed E-state index contributed by atoms with van der Waals surface area (Å²) in [5.74, 6) is 0.936. The Kier molecular flexibility index (Phi) is 3.54. The molecule has 0 unspecified atom stereocenters. The minimum atomic E-state index is -0.533. The molecule has 0 saturated carbocycles. The van der Waals surface area contributed by atoms with Crippen molar-refractivity contribution < 1.29 is 28.9 Å². The van der Waals surface area contributed by atoms with E-state index in [-0.39, 0.29) is 17.6 Å². The average Bonchev–Trinajstić information content (AvgIpc) is 3.21. The SMILES string of the molecule is COC(=O)C1=CON2CC[C@@]34C=C[C@H](O)C[C@@H]3Oc3c(OC)ccc(c34)[C@H]12. The molecule has 3 heterocycles. The number of aliphatic hydroxyl groups is 1. The molecule has 4 aliphatic rings. The molecule has 7 nitrogen and oxygen atoms in total. The number of ether oxygens (including phenoxy) is 3. The normalized spacial score (nSPS) is 33.0. The maximum absolute atomic E-state index is 12.3. The van der Waals surface area contributed by atoms with Crippen LogP contribution in [0.4, 0.5) is 0 Å². The molecule has 0 bridgehead atoms. The number of hydroxylamine groups is 2. The van der Waals surface area contributed by atoms with Gasteiger partial charge in [0.1, 0.15) is 18.4 Å². The largest absolute Gasteiger partial charge is 0.493 e. The summed E-state index contributed by atoms with van der Waals surface area (Å²) in [4.78, 5) is 18.0. The smallest absolute Gasteiger partial charge is 0.339 e. The van der Waals surface area contributed by atoms with Gasteiger partial charge < -0.3 is 24.2 Å². The van der Waals surface area contributed by atoms with Crippen molar-refractivity contribution in [2.24, 2.45) is 0 Å². The Morgan fingerprint density at radius 2 is 2.22 bits per heavy atom. The molecular formula is C20H21NO6. The number of aliphatic hydroxyl groups excluding tert-OH is 1. The van der Waals surface area contributed by atoms with Gasteiger partial charge in [0.15, 0.2) is 11.5 Å². The number of carbonyl (C=O) groups is 1. The Labute approximate surface area is 156 Å². The van der Waals surface area contributed by atoms with E-state index in [1.807, 2.05) is 23.3 Å². The van der Waals surface area contributed by atoms with Gasteiger partial charge in [-0.25, -0.2) is 4.79 Å². The predicted molar refractivity (Wildman–Crippen MR) is 94.1 cm³/mol. The van der Waals surface area contributed by atoms with Crippen molar-refractivity contribution in [2.45, 2.75) is 36.5 Å². The van der Waals surface area contributed by atoms with Crippen LogP contribution in [0.15, 0.2) is 36.1 Å². The van der Waals surface area contributed by atoms with Crippen LogP contribution in [-0.4, -0.2) is 49.1 Å². The first-order chi connectivity index (χ1) is 13.1. The Bertz CT molecular complexity index is 877. The van der Waals surface area contributed by atoms with Crippen molar-refractivity contribution in [2.75, 3.05) is 20.8 Å². The number of fused-ring (bicyclic) bond motifs is 2. The second-order valence-corrected chi connectivity index (χ2v) is 7.33. The van der Waals surface area contributed by atoms with E-state index in [0.29, 0.717) is 30.0 Å². The first-order valence-corrected chi connectivity index (χ1v) is 9.06. The predicted octanol–water partition coefficient (Wildman–Crippen LogP) is 1.76. The third kappa shape index (κ3) is 2.12. The molecule has 7 heteroatoms. The summed E-state index contributed by atoms with van der Waals surface area (Å²) in [6.07, 6.45) is 5.91. The zero-order valence-corrected chi connectivity index (χ0v) is 15.2. The lowest BCUT2D eigenvalue weighted by molar-refractivity contribution is -0.138. The summed E-state index contributed by atoms with van der Waals surface area (Å²) < 4.78 is 16.8. The monoisotopic (exact) mass is 371 g/mol. The molecule has 1 spiro atoms. The van der Waals surface area contributed by atoms with Gasteiger partial charge in [-0.3, -0.25) is 0 Å². The van der Waals surface area contributed by atoms with E-state index in [1.54, 1.807) is 7.11 Å². The van der Waals surface area contributed by atoms with Crippen LogP contribution >= 0.6 is 0 Å². The van der Waals surface area contributed by atoms with Crippen molar-refractivity contribution in [3.05, 3.63) is 47.2 Å². The Hall–Kier alpha value is -2.51. The van der Waals surface area contributed by atoms with E-state index in [1.165, 1.54) is 13.4 Å². The highest BCUT2D eigenvalue weighted by molar-refractivity contribution is 5.90. The molecule has 1 aromatic carbocycles. The highest BCUT2D eigenvalue weighted by Gasteiger charge is 2.56. The van der Waals surface area contributed by atoms with Gasteiger partial charge in [0.05, 0.1) is 31.3 Å². The minimum absolute atomic E-state index is 0.187. The van der Waals surface area contributed by atoms with E-state index in [9.17, 15) is 9.90 Å². The number of nitrogens with zero attached hydrogens (tertiary/aromatic N) is 1. The molecule has 27 heavy (non-hydrogen) atoms. The summed E-state index contributed by atoms with van der Waals surface area (Å²) >= 11 is 0. The molecular weight excluding hydrogens is 350 g/mol. The molecule has 5 rings (SSSR count). The van der Waals surface area contributed by atoms with Crippen LogP contribution in [0.1, 0.15) is 30.0 Å². The van der Waals surface area contributed by atoms with Crippen molar-refractivity contribution >= 4 is 5.97 Å². The molecule has 0 amide bonds. The Balaban J connectivity index is 1.74.